The number of hydrogen-bond donors (Lipinski definition) is 1. The fraction of sp³-hybridized carbons (Fsp3) is 0.200. The maximum absolute atomic E-state index is 10.7. The van der Waals surface area contributed by atoms with Gasteiger partial charge < -0.3 is 0 Å². The molecule has 1 aromatic rings. The number of aromatic nitrogens is 2. The first kappa shape index (κ1) is 10.0. The average molecular weight is 219 g/mol. The van der Waals surface area contributed by atoms with E-state index in [0.29, 0.717) is 3.97 Å². The Morgan fingerprint density at radius 2 is 2.46 bits per heavy atom. The summed E-state index contributed by atoms with van der Waals surface area (Å²) < 4.78 is 30.6. The smallest absolute Gasteiger partial charge is 0.269 e. The molecule has 13 heavy (non-hydrogen) atoms. The second-order valence-corrected chi connectivity index (χ2v) is 4.05. The molecular weight excluding hydrogens is 214 g/mol. The molecule has 0 fully saturated rings. The zero-order valence-electron chi connectivity index (χ0n) is 6.28. The third kappa shape index (κ3) is 2.45. The van der Waals surface area contributed by atoms with Crippen molar-refractivity contribution in [1.29, 1.82) is 5.26 Å². The number of thiocyanates is 1. The zero-order valence-corrected chi connectivity index (χ0v) is 7.92. The van der Waals surface area contributed by atoms with Gasteiger partial charge in [0.2, 0.25) is 0 Å². The minimum absolute atomic E-state index is 0.114. The zero-order chi connectivity index (χ0) is 9.90. The highest BCUT2D eigenvalue weighted by molar-refractivity contribution is 8.03. The predicted molar refractivity (Wildman–Crippen MR) is 46.1 cm³/mol. The van der Waals surface area contributed by atoms with Gasteiger partial charge in [0, 0.05) is 12.4 Å². The Balaban J connectivity index is 2.98. The van der Waals surface area contributed by atoms with Crippen LogP contribution in [0.5, 0.6) is 0 Å². The summed E-state index contributed by atoms with van der Waals surface area (Å²) in [7, 11) is -4.29. The van der Waals surface area contributed by atoms with Crippen molar-refractivity contribution in [1.82, 2.24) is 8.96 Å². The molecule has 1 heterocycles. The highest BCUT2D eigenvalue weighted by Crippen LogP contribution is 2.10. The van der Waals surface area contributed by atoms with Crippen molar-refractivity contribution in [3.63, 3.8) is 0 Å². The van der Waals surface area contributed by atoms with E-state index in [-0.39, 0.29) is 11.6 Å². The second-order valence-electron chi connectivity index (χ2n) is 2.00. The van der Waals surface area contributed by atoms with E-state index in [1.54, 1.807) is 5.40 Å². The van der Waals surface area contributed by atoms with E-state index >= 15 is 0 Å². The summed E-state index contributed by atoms with van der Waals surface area (Å²) in [5, 5.41) is 9.99. The molecule has 0 aliphatic rings. The number of rotatable bonds is 3. The van der Waals surface area contributed by atoms with Gasteiger partial charge in [-0.15, -0.1) is 0 Å². The van der Waals surface area contributed by atoms with Crippen molar-refractivity contribution in [2.75, 3.05) is 0 Å². The number of imidazole rings is 1. The molecule has 0 saturated heterocycles. The molecule has 0 atom stereocenters. The number of hydrogen-bond acceptors (Lipinski definition) is 5. The molecule has 0 spiro atoms. The first-order valence-electron chi connectivity index (χ1n) is 3.07. The van der Waals surface area contributed by atoms with Gasteiger partial charge in [-0.1, -0.05) is 0 Å². The SMILES string of the molecule is N#CSCc1nccn1S(=O)(=O)O. The van der Waals surface area contributed by atoms with Gasteiger partial charge in [0.15, 0.2) is 0 Å². The molecule has 70 valence electrons. The Bertz CT molecular complexity index is 430. The van der Waals surface area contributed by atoms with Gasteiger partial charge in [0.25, 0.3) is 0 Å². The van der Waals surface area contributed by atoms with E-state index in [1.807, 2.05) is 0 Å². The van der Waals surface area contributed by atoms with Crippen LogP contribution in [-0.2, 0) is 16.1 Å². The topological polar surface area (TPSA) is 96.0 Å². The molecule has 1 rings (SSSR count). The van der Waals surface area contributed by atoms with E-state index in [2.05, 4.69) is 4.98 Å². The minimum atomic E-state index is -4.29. The van der Waals surface area contributed by atoms with Gasteiger partial charge in [-0.05, 0) is 11.8 Å². The Hall–Kier alpha value is -1.04. The van der Waals surface area contributed by atoms with Crippen molar-refractivity contribution in [2.24, 2.45) is 0 Å². The van der Waals surface area contributed by atoms with Gasteiger partial charge in [-0.25, -0.2) is 8.96 Å². The summed E-state index contributed by atoms with van der Waals surface area (Å²) in [6.07, 6.45) is 2.35. The lowest BCUT2D eigenvalue weighted by molar-refractivity contribution is 0.471. The summed E-state index contributed by atoms with van der Waals surface area (Å²) in [4.78, 5) is 3.67. The van der Waals surface area contributed by atoms with Crippen LogP contribution in [-0.4, -0.2) is 21.9 Å². The monoisotopic (exact) mass is 219 g/mol. The number of thioether (sulfide) groups is 1. The maximum Gasteiger partial charge on any atom is 0.364 e. The molecule has 8 heteroatoms. The molecule has 0 aliphatic heterocycles. The van der Waals surface area contributed by atoms with E-state index < -0.39 is 10.3 Å². The van der Waals surface area contributed by atoms with Gasteiger partial charge in [-0.2, -0.15) is 13.7 Å². The Kier molecular flexibility index (Phi) is 2.92. The molecule has 0 saturated carbocycles. The number of nitriles is 1. The fourth-order valence-electron chi connectivity index (χ4n) is 0.731. The van der Waals surface area contributed by atoms with Crippen LogP contribution in [0.1, 0.15) is 5.82 Å². The Labute approximate surface area is 79.1 Å². The summed E-state index contributed by atoms with van der Waals surface area (Å²) in [6.45, 7) is 0. The van der Waals surface area contributed by atoms with Crippen LogP contribution in [0.4, 0.5) is 0 Å². The Morgan fingerprint density at radius 3 is 3.00 bits per heavy atom. The predicted octanol–water partition coefficient (Wildman–Crippen LogP) is 0.248. The molecule has 0 aliphatic carbocycles. The van der Waals surface area contributed by atoms with Crippen LogP contribution in [0, 0.1) is 10.7 Å². The quantitative estimate of drug-likeness (QED) is 0.578. The van der Waals surface area contributed by atoms with Crippen LogP contribution in [0.25, 0.3) is 0 Å². The van der Waals surface area contributed by atoms with E-state index in [4.69, 9.17) is 9.81 Å². The molecule has 1 N–H and O–H groups in total. The van der Waals surface area contributed by atoms with Crippen molar-refractivity contribution in [3.05, 3.63) is 18.2 Å². The first-order chi connectivity index (χ1) is 6.05. The molecule has 0 aromatic carbocycles. The largest absolute Gasteiger partial charge is 0.364 e. The fourth-order valence-corrected chi connectivity index (χ4v) is 1.81. The van der Waals surface area contributed by atoms with Gasteiger partial charge >= 0.3 is 10.3 Å². The summed E-state index contributed by atoms with van der Waals surface area (Å²) in [5.74, 6) is 0.234. The standard InChI is InChI=1S/C5H5N3O3S2/c6-4-12-3-5-7-1-2-8(5)13(9,10)11/h1-2H,3H2,(H,9,10,11). The van der Waals surface area contributed by atoms with Gasteiger partial charge in [-0.3, -0.25) is 4.55 Å². The molecule has 0 amide bonds. The summed E-state index contributed by atoms with van der Waals surface area (Å²) >= 11 is 0.843. The summed E-state index contributed by atoms with van der Waals surface area (Å²) in [6, 6.07) is 0. The second kappa shape index (κ2) is 3.78. The van der Waals surface area contributed by atoms with Gasteiger partial charge in [0.05, 0.1) is 5.75 Å². The third-order valence-corrected chi connectivity index (χ3v) is 2.56. The van der Waals surface area contributed by atoms with Crippen LogP contribution in [0.2, 0.25) is 0 Å². The van der Waals surface area contributed by atoms with E-state index in [0.717, 1.165) is 18.0 Å². The minimum Gasteiger partial charge on any atom is -0.269 e. The highest BCUT2D eigenvalue weighted by Gasteiger charge is 2.12. The van der Waals surface area contributed by atoms with Crippen LogP contribution < -0.4 is 0 Å². The van der Waals surface area contributed by atoms with Crippen LogP contribution in [0.15, 0.2) is 12.4 Å². The van der Waals surface area contributed by atoms with Crippen LogP contribution in [0.3, 0.4) is 0 Å². The molecule has 6 nitrogen and oxygen atoms in total. The maximum atomic E-state index is 10.7. The molecule has 0 unspecified atom stereocenters. The first-order valence-corrected chi connectivity index (χ1v) is 5.45. The summed E-state index contributed by atoms with van der Waals surface area (Å²) in [5.41, 5.74) is 0. The molecule has 0 radical (unpaired) electrons. The lowest BCUT2D eigenvalue weighted by Gasteiger charge is -2.00. The lowest BCUT2D eigenvalue weighted by Crippen LogP contribution is -2.12. The van der Waals surface area contributed by atoms with Crippen molar-refractivity contribution in [2.45, 2.75) is 5.75 Å². The molecule has 0 bridgehead atoms. The van der Waals surface area contributed by atoms with Crippen molar-refractivity contribution < 1.29 is 13.0 Å². The Morgan fingerprint density at radius 1 is 1.77 bits per heavy atom. The molecular formula is C5H5N3O3S2. The van der Waals surface area contributed by atoms with E-state index in [9.17, 15) is 8.42 Å². The van der Waals surface area contributed by atoms with Crippen LogP contribution >= 0.6 is 11.8 Å². The normalized spacial score (nSPS) is 11.1. The number of nitrogens with zero attached hydrogens (tertiary/aromatic N) is 3. The molecule has 1 aromatic heterocycles. The lowest BCUT2D eigenvalue weighted by atomic mass is 10.7. The van der Waals surface area contributed by atoms with E-state index in [1.165, 1.54) is 6.20 Å². The third-order valence-electron chi connectivity index (χ3n) is 1.19. The van der Waals surface area contributed by atoms with Crippen molar-refractivity contribution >= 4 is 22.1 Å². The average Bonchev–Trinajstić information content (AvgIpc) is 2.47. The van der Waals surface area contributed by atoms with Crippen molar-refractivity contribution in [3.8, 4) is 5.40 Å². The van der Waals surface area contributed by atoms with Gasteiger partial charge in [0.1, 0.15) is 11.2 Å². The highest BCUT2D eigenvalue weighted by atomic mass is 32.2.